The number of rotatable bonds is 6. The lowest BCUT2D eigenvalue weighted by atomic mass is 9.96. The molecule has 2 aliphatic rings. The molecule has 4 unspecified atom stereocenters. The van der Waals surface area contributed by atoms with Gasteiger partial charge in [-0.25, -0.2) is 0 Å². The first-order valence-electron chi connectivity index (χ1n) is 8.28. The Kier molecular flexibility index (Phi) is 8.42. The summed E-state index contributed by atoms with van der Waals surface area (Å²) in [5.41, 5.74) is 0. The molecule has 0 spiro atoms. The molecule has 2 N–H and O–H groups in total. The molecule has 5 nitrogen and oxygen atoms in total. The fourth-order valence-corrected chi connectivity index (χ4v) is 3.40. The van der Waals surface area contributed by atoms with Crippen LogP contribution in [0.5, 0.6) is 0 Å². The molecule has 4 atom stereocenters. The number of hydrogen-bond donors (Lipinski definition) is 2. The van der Waals surface area contributed by atoms with Crippen molar-refractivity contribution in [3.63, 3.8) is 0 Å². The lowest BCUT2D eigenvalue weighted by Gasteiger charge is -2.28. The average Bonchev–Trinajstić information content (AvgIpc) is 3.03. The third-order valence-electron chi connectivity index (χ3n) is 4.63. The summed E-state index contributed by atoms with van der Waals surface area (Å²) in [6.45, 7) is 5.47. The normalized spacial score (nSPS) is 28.9. The predicted octanol–water partition coefficient (Wildman–Crippen LogP) is 2.07. The molecule has 22 heavy (non-hydrogen) atoms. The molecule has 2 heterocycles. The van der Waals surface area contributed by atoms with Crippen molar-refractivity contribution in [1.82, 2.24) is 15.5 Å². The van der Waals surface area contributed by atoms with Gasteiger partial charge in [-0.1, -0.05) is 13.8 Å². The summed E-state index contributed by atoms with van der Waals surface area (Å²) in [6, 6.07) is 0.956. The van der Waals surface area contributed by atoms with Crippen molar-refractivity contribution in [2.24, 2.45) is 10.9 Å². The highest BCUT2D eigenvalue weighted by atomic mass is 127. The van der Waals surface area contributed by atoms with Gasteiger partial charge in [0.25, 0.3) is 0 Å². The summed E-state index contributed by atoms with van der Waals surface area (Å²) in [5.74, 6) is 1.61. The van der Waals surface area contributed by atoms with E-state index < -0.39 is 0 Å². The summed E-state index contributed by atoms with van der Waals surface area (Å²) < 4.78 is 5.89. The maximum Gasteiger partial charge on any atom is 0.191 e. The molecule has 0 aromatic carbocycles. The fourth-order valence-electron chi connectivity index (χ4n) is 3.40. The molecule has 0 aromatic rings. The van der Waals surface area contributed by atoms with Crippen LogP contribution in [-0.2, 0) is 4.74 Å². The number of fused-ring (bicyclic) bond motifs is 2. The average molecular weight is 424 g/mol. The summed E-state index contributed by atoms with van der Waals surface area (Å²) in [6.07, 6.45) is 5.58. The number of aliphatic imine (C=N–C) groups is 1. The van der Waals surface area contributed by atoms with E-state index in [2.05, 4.69) is 48.5 Å². The van der Waals surface area contributed by atoms with Crippen LogP contribution in [0.15, 0.2) is 4.99 Å². The maximum atomic E-state index is 5.89. The van der Waals surface area contributed by atoms with Gasteiger partial charge in [-0.15, -0.1) is 24.0 Å². The van der Waals surface area contributed by atoms with Gasteiger partial charge in [0, 0.05) is 19.6 Å². The molecule has 6 heteroatoms. The Morgan fingerprint density at radius 1 is 1.32 bits per heavy atom. The molecule has 0 aliphatic carbocycles. The minimum absolute atomic E-state index is 0. The van der Waals surface area contributed by atoms with E-state index in [1.165, 1.54) is 19.3 Å². The fraction of sp³-hybridized carbons (Fsp3) is 0.938. The van der Waals surface area contributed by atoms with E-state index in [0.717, 1.165) is 18.9 Å². The highest BCUT2D eigenvalue weighted by molar-refractivity contribution is 14.0. The molecule has 2 saturated heterocycles. The molecule has 0 aromatic heterocycles. The van der Waals surface area contributed by atoms with Gasteiger partial charge >= 0.3 is 0 Å². The molecular weight excluding hydrogens is 391 g/mol. The SMILES string of the molecule is CN=C(NCC(CC(C)C)N(C)C)NC1CC2CCC1O2.I. The van der Waals surface area contributed by atoms with Crippen molar-refractivity contribution >= 4 is 29.9 Å². The molecule has 2 bridgehead atoms. The number of guanidine groups is 1. The van der Waals surface area contributed by atoms with Crippen LogP contribution in [0.3, 0.4) is 0 Å². The van der Waals surface area contributed by atoms with Crippen molar-refractivity contribution in [2.45, 2.75) is 63.8 Å². The van der Waals surface area contributed by atoms with Crippen molar-refractivity contribution in [1.29, 1.82) is 0 Å². The Bertz CT molecular complexity index is 362. The molecule has 2 aliphatic heterocycles. The molecule has 0 radical (unpaired) electrons. The van der Waals surface area contributed by atoms with Gasteiger partial charge in [0.05, 0.1) is 18.2 Å². The van der Waals surface area contributed by atoms with Gasteiger partial charge in [-0.2, -0.15) is 0 Å². The van der Waals surface area contributed by atoms with Crippen LogP contribution in [0.1, 0.15) is 39.5 Å². The standard InChI is InChI=1S/C16H32N4O.HI/c1-11(2)8-12(20(4)5)10-18-16(17-3)19-14-9-13-6-7-15(14)21-13;/h11-15H,6-10H2,1-5H3,(H2,17,18,19);1H. The third-order valence-corrected chi connectivity index (χ3v) is 4.63. The molecule has 0 saturated carbocycles. The number of nitrogens with zero attached hydrogens (tertiary/aromatic N) is 2. The van der Waals surface area contributed by atoms with Crippen molar-refractivity contribution in [3.8, 4) is 0 Å². The molecular formula is C16H33IN4O. The summed E-state index contributed by atoms with van der Waals surface area (Å²) in [7, 11) is 6.14. The highest BCUT2D eigenvalue weighted by Crippen LogP contribution is 2.34. The monoisotopic (exact) mass is 424 g/mol. The summed E-state index contributed by atoms with van der Waals surface area (Å²) in [5, 5.41) is 7.02. The lowest BCUT2D eigenvalue weighted by Crippen LogP contribution is -2.50. The second-order valence-corrected chi connectivity index (χ2v) is 7.06. The van der Waals surface area contributed by atoms with Gasteiger partial charge in [-0.05, 0) is 45.7 Å². The Morgan fingerprint density at radius 3 is 2.50 bits per heavy atom. The Labute approximate surface area is 152 Å². The van der Waals surface area contributed by atoms with E-state index in [0.29, 0.717) is 30.2 Å². The number of hydrogen-bond acceptors (Lipinski definition) is 3. The minimum Gasteiger partial charge on any atom is -0.373 e. The zero-order valence-corrected chi connectivity index (χ0v) is 17.0. The minimum atomic E-state index is 0. The third kappa shape index (κ3) is 5.53. The zero-order chi connectivity index (χ0) is 15.4. The number of nitrogens with one attached hydrogen (secondary N) is 2. The van der Waals surface area contributed by atoms with Crippen LogP contribution in [0.25, 0.3) is 0 Å². The Morgan fingerprint density at radius 2 is 2.05 bits per heavy atom. The van der Waals surface area contributed by atoms with Crippen LogP contribution >= 0.6 is 24.0 Å². The number of ether oxygens (including phenoxy) is 1. The second-order valence-electron chi connectivity index (χ2n) is 7.06. The van der Waals surface area contributed by atoms with Gasteiger partial charge in [-0.3, -0.25) is 4.99 Å². The van der Waals surface area contributed by atoms with E-state index in [9.17, 15) is 0 Å². The summed E-state index contributed by atoms with van der Waals surface area (Å²) >= 11 is 0. The van der Waals surface area contributed by atoms with Crippen LogP contribution in [0, 0.1) is 5.92 Å². The van der Waals surface area contributed by atoms with E-state index >= 15 is 0 Å². The quantitative estimate of drug-likeness (QED) is 0.390. The van der Waals surface area contributed by atoms with Crippen LogP contribution in [0.2, 0.25) is 0 Å². The Balaban J connectivity index is 0.00000242. The lowest BCUT2D eigenvalue weighted by molar-refractivity contribution is 0.0992. The summed E-state index contributed by atoms with van der Waals surface area (Å²) in [4.78, 5) is 6.66. The number of likely N-dealkylation sites (N-methyl/N-ethyl adjacent to an activating group) is 1. The van der Waals surface area contributed by atoms with Crippen molar-refractivity contribution in [2.75, 3.05) is 27.7 Å². The second kappa shape index (κ2) is 9.27. The Hall–Kier alpha value is -0.0800. The molecule has 130 valence electrons. The van der Waals surface area contributed by atoms with E-state index in [1.807, 2.05) is 7.05 Å². The molecule has 0 amide bonds. The van der Waals surface area contributed by atoms with E-state index in [1.54, 1.807) is 0 Å². The first kappa shape index (κ1) is 20.0. The van der Waals surface area contributed by atoms with Gasteiger partial charge in [0.15, 0.2) is 5.96 Å². The van der Waals surface area contributed by atoms with Gasteiger partial charge in [0.2, 0.25) is 0 Å². The maximum absolute atomic E-state index is 5.89. The van der Waals surface area contributed by atoms with E-state index in [4.69, 9.17) is 4.74 Å². The van der Waals surface area contributed by atoms with Gasteiger partial charge in [0.1, 0.15) is 0 Å². The van der Waals surface area contributed by atoms with Crippen molar-refractivity contribution < 1.29 is 4.74 Å². The largest absolute Gasteiger partial charge is 0.373 e. The first-order chi connectivity index (χ1) is 9.99. The molecule has 2 fully saturated rings. The van der Waals surface area contributed by atoms with Gasteiger partial charge < -0.3 is 20.3 Å². The predicted molar refractivity (Wildman–Crippen MR) is 103 cm³/mol. The van der Waals surface area contributed by atoms with E-state index in [-0.39, 0.29) is 24.0 Å². The van der Waals surface area contributed by atoms with Crippen LogP contribution in [-0.4, -0.2) is 62.8 Å². The molecule has 2 rings (SSSR count). The van der Waals surface area contributed by atoms with Crippen molar-refractivity contribution in [3.05, 3.63) is 0 Å². The smallest absolute Gasteiger partial charge is 0.191 e. The number of halogens is 1. The highest BCUT2D eigenvalue weighted by Gasteiger charge is 2.41. The zero-order valence-electron chi connectivity index (χ0n) is 14.6. The van der Waals surface area contributed by atoms with Crippen LogP contribution < -0.4 is 10.6 Å². The van der Waals surface area contributed by atoms with Crippen LogP contribution in [0.4, 0.5) is 0 Å². The topological polar surface area (TPSA) is 48.9 Å². The first-order valence-corrected chi connectivity index (χ1v) is 8.28.